The van der Waals surface area contributed by atoms with Crippen LogP contribution in [0.4, 0.5) is 10.5 Å². The van der Waals surface area contributed by atoms with E-state index in [1.54, 1.807) is 24.3 Å². The molecule has 0 aliphatic carbocycles. The number of hydrogen-bond donors (Lipinski definition) is 2. The summed E-state index contributed by atoms with van der Waals surface area (Å²) >= 11 is 0. The summed E-state index contributed by atoms with van der Waals surface area (Å²) < 4.78 is 0. The zero-order valence-electron chi connectivity index (χ0n) is 9.89. The smallest absolute Gasteiger partial charge is 0.316 e. The zero-order chi connectivity index (χ0) is 13.0. The molecule has 0 spiro atoms. The van der Waals surface area contributed by atoms with Crippen molar-refractivity contribution in [1.82, 2.24) is 5.06 Å². The highest BCUT2D eigenvalue weighted by atomic mass is 16.7. The van der Waals surface area contributed by atoms with Gasteiger partial charge in [0.2, 0.25) is 0 Å². The lowest BCUT2D eigenvalue weighted by Crippen LogP contribution is -2.35. The number of rotatable bonds is 2. The van der Waals surface area contributed by atoms with E-state index in [9.17, 15) is 9.59 Å². The summed E-state index contributed by atoms with van der Waals surface area (Å²) in [6.07, 6.45) is 1.93. The summed E-state index contributed by atoms with van der Waals surface area (Å²) in [5.41, 5.74) is 6.07. The molecule has 0 radical (unpaired) electrons. The monoisotopic (exact) mass is 249 g/mol. The maximum atomic E-state index is 12.0. The van der Waals surface area contributed by atoms with Crippen molar-refractivity contribution in [3.8, 4) is 0 Å². The number of hydroxylamine groups is 2. The SMILES string of the molecule is NC(=O)Nc1ccc(C(=O)N2CCCCO2)cc1. The second-order valence-electron chi connectivity index (χ2n) is 4.01. The summed E-state index contributed by atoms with van der Waals surface area (Å²) in [5.74, 6) is -0.166. The van der Waals surface area contributed by atoms with Crippen molar-refractivity contribution in [3.63, 3.8) is 0 Å². The molecule has 3 N–H and O–H groups in total. The Bertz CT molecular complexity index is 438. The molecule has 1 heterocycles. The minimum Gasteiger partial charge on any atom is -0.351 e. The van der Waals surface area contributed by atoms with Crippen molar-refractivity contribution in [2.45, 2.75) is 12.8 Å². The van der Waals surface area contributed by atoms with Crippen LogP contribution in [0.15, 0.2) is 24.3 Å². The molecular weight excluding hydrogens is 234 g/mol. The van der Waals surface area contributed by atoms with Crippen molar-refractivity contribution >= 4 is 17.6 Å². The van der Waals surface area contributed by atoms with E-state index < -0.39 is 6.03 Å². The predicted molar refractivity (Wildman–Crippen MR) is 65.9 cm³/mol. The maximum Gasteiger partial charge on any atom is 0.316 e. The van der Waals surface area contributed by atoms with Gasteiger partial charge in [-0.1, -0.05) is 0 Å². The Morgan fingerprint density at radius 3 is 2.50 bits per heavy atom. The van der Waals surface area contributed by atoms with Gasteiger partial charge in [0.1, 0.15) is 0 Å². The minimum absolute atomic E-state index is 0.166. The number of hydrogen-bond acceptors (Lipinski definition) is 3. The van der Waals surface area contributed by atoms with Gasteiger partial charge in [-0.25, -0.2) is 9.86 Å². The molecule has 1 fully saturated rings. The number of primary amides is 1. The molecule has 2 rings (SSSR count). The second kappa shape index (κ2) is 5.50. The molecule has 1 aliphatic rings. The Hall–Kier alpha value is -2.08. The zero-order valence-corrected chi connectivity index (χ0v) is 9.89. The van der Waals surface area contributed by atoms with Gasteiger partial charge in [0.15, 0.2) is 0 Å². The molecule has 0 unspecified atom stereocenters. The topological polar surface area (TPSA) is 84.7 Å². The number of urea groups is 1. The molecule has 1 aromatic carbocycles. The number of nitrogens with two attached hydrogens (primary N) is 1. The van der Waals surface area contributed by atoms with Crippen LogP contribution in [0.1, 0.15) is 23.2 Å². The molecule has 3 amide bonds. The number of carbonyl (C=O) groups excluding carboxylic acids is 2. The summed E-state index contributed by atoms with van der Waals surface area (Å²) in [4.78, 5) is 28.0. The Morgan fingerprint density at radius 2 is 1.94 bits per heavy atom. The molecule has 6 heteroatoms. The normalized spacial score (nSPS) is 15.2. The average molecular weight is 249 g/mol. The minimum atomic E-state index is -0.631. The number of anilines is 1. The first-order chi connectivity index (χ1) is 8.66. The highest BCUT2D eigenvalue weighted by Crippen LogP contribution is 2.14. The van der Waals surface area contributed by atoms with Crippen LogP contribution < -0.4 is 11.1 Å². The van der Waals surface area contributed by atoms with Crippen LogP contribution >= 0.6 is 0 Å². The van der Waals surface area contributed by atoms with Gasteiger partial charge in [0.25, 0.3) is 5.91 Å². The molecule has 0 atom stereocenters. The third-order valence-electron chi connectivity index (χ3n) is 2.63. The molecule has 0 saturated carbocycles. The molecule has 6 nitrogen and oxygen atoms in total. The van der Waals surface area contributed by atoms with E-state index >= 15 is 0 Å². The standard InChI is InChI=1S/C12H15N3O3/c13-12(17)14-10-5-3-9(4-6-10)11(16)15-7-1-2-8-18-15/h3-6H,1-2,7-8H2,(H3,13,14,17). The fourth-order valence-corrected chi connectivity index (χ4v) is 1.74. The van der Waals surface area contributed by atoms with E-state index in [2.05, 4.69) is 5.32 Å². The highest BCUT2D eigenvalue weighted by Gasteiger charge is 2.19. The van der Waals surface area contributed by atoms with Crippen LogP contribution in [-0.2, 0) is 4.84 Å². The van der Waals surface area contributed by atoms with Crippen LogP contribution in [0.3, 0.4) is 0 Å². The van der Waals surface area contributed by atoms with Crippen LogP contribution in [0.25, 0.3) is 0 Å². The number of benzene rings is 1. The van der Waals surface area contributed by atoms with Crippen LogP contribution in [-0.4, -0.2) is 30.2 Å². The van der Waals surface area contributed by atoms with Crippen LogP contribution in [0.2, 0.25) is 0 Å². The average Bonchev–Trinajstić information content (AvgIpc) is 2.39. The van der Waals surface area contributed by atoms with Crippen LogP contribution in [0, 0.1) is 0 Å². The highest BCUT2D eigenvalue weighted by molar-refractivity contribution is 5.94. The number of carbonyl (C=O) groups is 2. The van der Waals surface area contributed by atoms with Gasteiger partial charge >= 0.3 is 6.03 Å². The molecule has 96 valence electrons. The van der Waals surface area contributed by atoms with Gasteiger partial charge in [-0.15, -0.1) is 0 Å². The van der Waals surface area contributed by atoms with Crippen LogP contribution in [0.5, 0.6) is 0 Å². The lowest BCUT2D eigenvalue weighted by Gasteiger charge is -2.25. The molecule has 1 saturated heterocycles. The Kier molecular flexibility index (Phi) is 3.78. The van der Waals surface area contributed by atoms with Gasteiger partial charge < -0.3 is 11.1 Å². The fourth-order valence-electron chi connectivity index (χ4n) is 1.74. The first-order valence-corrected chi connectivity index (χ1v) is 5.78. The van der Waals surface area contributed by atoms with E-state index in [1.807, 2.05) is 0 Å². The van der Waals surface area contributed by atoms with Crippen molar-refractivity contribution in [2.24, 2.45) is 5.73 Å². The summed E-state index contributed by atoms with van der Waals surface area (Å²) in [6, 6.07) is 5.88. The third kappa shape index (κ3) is 2.98. The molecule has 1 aromatic rings. The van der Waals surface area contributed by atoms with E-state index in [-0.39, 0.29) is 5.91 Å². The summed E-state index contributed by atoms with van der Waals surface area (Å²) in [6.45, 7) is 1.19. The van der Waals surface area contributed by atoms with Gasteiger partial charge in [-0.2, -0.15) is 0 Å². The summed E-state index contributed by atoms with van der Waals surface area (Å²) in [7, 11) is 0. The number of amides is 3. The fraction of sp³-hybridized carbons (Fsp3) is 0.333. The maximum absolute atomic E-state index is 12.0. The quantitative estimate of drug-likeness (QED) is 0.829. The molecular formula is C12H15N3O3. The number of nitrogens with zero attached hydrogens (tertiary/aromatic N) is 1. The molecule has 0 aromatic heterocycles. The molecule has 1 aliphatic heterocycles. The number of nitrogens with one attached hydrogen (secondary N) is 1. The van der Waals surface area contributed by atoms with Crippen molar-refractivity contribution in [2.75, 3.05) is 18.5 Å². The lowest BCUT2D eigenvalue weighted by molar-refractivity contribution is -0.144. The molecule has 18 heavy (non-hydrogen) atoms. The van der Waals surface area contributed by atoms with Gasteiger partial charge in [-0.05, 0) is 37.1 Å². The van der Waals surface area contributed by atoms with E-state index in [0.717, 1.165) is 12.8 Å². The van der Waals surface area contributed by atoms with Gasteiger partial charge in [-0.3, -0.25) is 9.63 Å². The van der Waals surface area contributed by atoms with E-state index in [1.165, 1.54) is 5.06 Å². The summed E-state index contributed by atoms with van der Waals surface area (Å²) in [5, 5.41) is 3.81. The predicted octanol–water partition coefficient (Wildman–Crippen LogP) is 1.34. The van der Waals surface area contributed by atoms with Gasteiger partial charge in [0.05, 0.1) is 6.61 Å². The van der Waals surface area contributed by atoms with Crippen molar-refractivity contribution in [1.29, 1.82) is 0 Å². The Balaban J connectivity index is 2.04. The Labute approximate surface area is 105 Å². The first-order valence-electron chi connectivity index (χ1n) is 5.78. The molecule has 0 bridgehead atoms. The van der Waals surface area contributed by atoms with Gasteiger partial charge in [0, 0.05) is 17.8 Å². The first kappa shape index (κ1) is 12.4. The van der Waals surface area contributed by atoms with E-state index in [0.29, 0.717) is 24.4 Å². The second-order valence-corrected chi connectivity index (χ2v) is 4.01. The van der Waals surface area contributed by atoms with E-state index in [4.69, 9.17) is 10.6 Å². The lowest BCUT2D eigenvalue weighted by atomic mass is 10.2. The Morgan fingerprint density at radius 1 is 1.22 bits per heavy atom. The van der Waals surface area contributed by atoms with Crippen molar-refractivity contribution in [3.05, 3.63) is 29.8 Å². The largest absolute Gasteiger partial charge is 0.351 e. The van der Waals surface area contributed by atoms with Crippen molar-refractivity contribution < 1.29 is 14.4 Å². The third-order valence-corrected chi connectivity index (χ3v) is 2.63.